The van der Waals surface area contributed by atoms with Crippen LogP contribution in [0.3, 0.4) is 0 Å². The van der Waals surface area contributed by atoms with Crippen molar-refractivity contribution < 1.29 is 0 Å². The van der Waals surface area contributed by atoms with Crippen LogP contribution in [0, 0.1) is 0 Å². The highest BCUT2D eigenvalue weighted by Crippen LogP contribution is 2.68. The predicted octanol–water partition coefficient (Wildman–Crippen LogP) is 16.2. The van der Waals surface area contributed by atoms with Crippen molar-refractivity contribution in [2.75, 3.05) is 4.90 Å². The van der Waals surface area contributed by atoms with E-state index < -0.39 is 0 Å². The van der Waals surface area contributed by atoms with Crippen molar-refractivity contribution in [3.8, 4) is 32.0 Å². The third-order valence-electron chi connectivity index (χ3n) is 15.7. The molecule has 0 radical (unpaired) electrons. The quantitative estimate of drug-likeness (QED) is 0.159. The van der Waals surface area contributed by atoms with Gasteiger partial charge in [0.1, 0.15) is 0 Å². The van der Waals surface area contributed by atoms with Gasteiger partial charge in [-0.15, -0.1) is 34.0 Å². The minimum Gasteiger partial charge on any atom is -0.309 e. The van der Waals surface area contributed by atoms with Crippen LogP contribution in [0.4, 0.5) is 17.1 Å². The van der Waals surface area contributed by atoms with Crippen LogP contribution in [0.25, 0.3) is 63.0 Å². The number of hydrogen-bond donors (Lipinski definition) is 0. The minimum absolute atomic E-state index is 0.181. The second kappa shape index (κ2) is 11.0. The minimum atomic E-state index is -0.360. The number of nitrogens with zero attached hydrogens (tertiary/aromatic N) is 1. The second-order valence-electron chi connectivity index (χ2n) is 19.0. The molecule has 4 heterocycles. The molecule has 0 saturated heterocycles. The van der Waals surface area contributed by atoms with Crippen molar-refractivity contribution in [3.63, 3.8) is 0 Å². The van der Waals surface area contributed by atoms with Gasteiger partial charge in [-0.25, -0.2) is 0 Å². The Kier molecular flexibility index (Phi) is 6.10. The molecule has 4 heteroatoms. The van der Waals surface area contributed by atoms with Crippen molar-refractivity contribution in [3.05, 3.63) is 194 Å². The summed E-state index contributed by atoms with van der Waals surface area (Å²) in [5.74, 6) is 0. The lowest BCUT2D eigenvalue weighted by Gasteiger charge is -2.44. The molecule has 1 aliphatic heterocycles. The fraction of sp³-hybridized carbons (Fsp3) is 0.158. The van der Waals surface area contributed by atoms with Crippen molar-refractivity contribution in [1.29, 1.82) is 0 Å². The van der Waals surface area contributed by atoms with Gasteiger partial charge in [0.05, 0.1) is 22.5 Å². The van der Waals surface area contributed by atoms with Crippen LogP contribution in [-0.2, 0) is 29.1 Å². The molecule has 15 rings (SSSR count). The summed E-state index contributed by atoms with van der Waals surface area (Å²) in [6.45, 7) is 9.90. The highest BCUT2D eigenvalue weighted by molar-refractivity contribution is 7.25. The van der Waals surface area contributed by atoms with Gasteiger partial charge in [0, 0.05) is 40.8 Å². The zero-order valence-corrected chi connectivity index (χ0v) is 36.8. The average molecular weight is 834 g/mol. The molecule has 4 aliphatic carbocycles. The van der Waals surface area contributed by atoms with Gasteiger partial charge < -0.3 is 4.90 Å². The molecule has 0 amide bonds. The fourth-order valence-corrected chi connectivity index (χ4v) is 16.5. The van der Waals surface area contributed by atoms with E-state index in [1.165, 1.54) is 136 Å². The maximum atomic E-state index is 2.64. The first-order valence-corrected chi connectivity index (χ1v) is 24.3. The largest absolute Gasteiger partial charge is 0.309 e. The van der Waals surface area contributed by atoms with E-state index in [0.29, 0.717) is 0 Å². The number of rotatable bonds is 1. The summed E-state index contributed by atoms with van der Waals surface area (Å²) in [6.07, 6.45) is 2.25. The van der Waals surface area contributed by atoms with Gasteiger partial charge in [0.25, 0.3) is 0 Å². The van der Waals surface area contributed by atoms with Crippen LogP contribution in [0.5, 0.6) is 0 Å². The highest BCUT2D eigenvalue weighted by Gasteiger charge is 2.54. The first-order valence-electron chi connectivity index (χ1n) is 21.7. The molecule has 10 aromatic rings. The van der Waals surface area contributed by atoms with E-state index in [4.69, 9.17) is 0 Å². The molecular formula is C57H39NS3. The van der Waals surface area contributed by atoms with Gasteiger partial charge in [0.15, 0.2) is 0 Å². The number of anilines is 3. The van der Waals surface area contributed by atoms with Crippen molar-refractivity contribution in [2.24, 2.45) is 0 Å². The summed E-state index contributed by atoms with van der Waals surface area (Å²) in [6, 6.07) is 50.3. The summed E-state index contributed by atoms with van der Waals surface area (Å²) >= 11 is 5.76. The zero-order chi connectivity index (χ0) is 40.3. The van der Waals surface area contributed by atoms with Gasteiger partial charge in [-0.2, -0.15) is 0 Å². The van der Waals surface area contributed by atoms with Crippen LogP contribution >= 0.6 is 34.0 Å². The maximum Gasteiger partial charge on any atom is 0.0742 e. The van der Waals surface area contributed by atoms with Crippen molar-refractivity contribution in [1.82, 2.24) is 0 Å². The Hall–Kier alpha value is -5.78. The molecule has 0 bridgehead atoms. The molecule has 0 saturated carbocycles. The predicted molar refractivity (Wildman–Crippen MR) is 261 cm³/mol. The lowest BCUT2D eigenvalue weighted by molar-refractivity contribution is 0.630. The standard InChI is InChI=1S/C57H39NS3/c1-55(2)37-12-6-7-13-43(37)58(45-29-47-36(28-42(45)55)32-10-5-8-15-46(32)61-47)44-14-9-11-33-34-21-23-39-50(52(34)56(3,4)51(33)44)35-20-18-30-16-17-31-19-22-38(49(35)48(30)31)57(39)40-24-26-59-53(40)54-41(57)25-27-60-54/h5-15,18-29H,16-17H2,1-4H3. The molecule has 0 N–H and O–H groups in total. The van der Waals surface area contributed by atoms with E-state index in [0.717, 1.165) is 12.8 Å². The average Bonchev–Trinajstić information content (AvgIpc) is 4.13. The summed E-state index contributed by atoms with van der Waals surface area (Å²) in [7, 11) is 0. The van der Waals surface area contributed by atoms with Crippen LogP contribution < -0.4 is 4.90 Å². The molecule has 1 spiro atoms. The Morgan fingerprint density at radius 3 is 1.97 bits per heavy atom. The number of aryl methyl sites for hydroxylation is 2. The third kappa shape index (κ3) is 3.76. The third-order valence-corrected chi connectivity index (χ3v) is 18.8. The molecule has 1 nitrogen and oxygen atoms in total. The highest BCUT2D eigenvalue weighted by atomic mass is 32.1. The maximum absolute atomic E-state index is 2.64. The summed E-state index contributed by atoms with van der Waals surface area (Å²) < 4.78 is 2.69. The molecular weight excluding hydrogens is 795 g/mol. The normalized spacial score (nSPS) is 17.1. The lowest BCUT2D eigenvalue weighted by Crippen LogP contribution is -2.33. The van der Waals surface area contributed by atoms with E-state index in [1.807, 2.05) is 34.0 Å². The van der Waals surface area contributed by atoms with Crippen LogP contribution in [0.2, 0.25) is 0 Å². The molecule has 5 aliphatic rings. The van der Waals surface area contributed by atoms with E-state index in [-0.39, 0.29) is 16.2 Å². The number of benzene rings is 7. The van der Waals surface area contributed by atoms with Crippen molar-refractivity contribution >= 4 is 82.0 Å². The Morgan fingerprint density at radius 1 is 0.459 bits per heavy atom. The summed E-state index contributed by atoms with van der Waals surface area (Å²) in [4.78, 5) is 5.54. The van der Waals surface area contributed by atoms with Crippen molar-refractivity contribution in [2.45, 2.75) is 56.8 Å². The fourth-order valence-electron chi connectivity index (χ4n) is 13.3. The molecule has 0 unspecified atom stereocenters. The molecule has 0 atom stereocenters. The second-order valence-corrected chi connectivity index (χ2v) is 22.0. The van der Waals surface area contributed by atoms with Crippen LogP contribution in [0.15, 0.2) is 138 Å². The van der Waals surface area contributed by atoms with Gasteiger partial charge in [-0.05, 0) is 155 Å². The Morgan fingerprint density at radius 2 is 1.15 bits per heavy atom. The smallest absolute Gasteiger partial charge is 0.0742 e. The molecule has 3 aromatic heterocycles. The van der Waals surface area contributed by atoms with Crippen LogP contribution in [-0.4, -0.2) is 0 Å². The van der Waals surface area contributed by atoms with Crippen LogP contribution in [0.1, 0.15) is 83.3 Å². The number of hydrogen-bond acceptors (Lipinski definition) is 4. The Bertz CT molecular complexity index is 3630. The number of fused-ring (bicyclic) bond motifs is 18. The van der Waals surface area contributed by atoms with E-state index in [9.17, 15) is 0 Å². The van der Waals surface area contributed by atoms with Gasteiger partial charge >= 0.3 is 0 Å². The Balaban J connectivity index is 1.04. The van der Waals surface area contributed by atoms with E-state index in [1.54, 1.807) is 0 Å². The summed E-state index contributed by atoms with van der Waals surface area (Å²) in [5.41, 5.74) is 23.1. The first-order chi connectivity index (χ1) is 29.8. The Labute approximate surface area is 367 Å². The van der Waals surface area contributed by atoms with Gasteiger partial charge in [-0.1, -0.05) is 113 Å². The zero-order valence-electron chi connectivity index (χ0n) is 34.4. The summed E-state index contributed by atoms with van der Waals surface area (Å²) in [5, 5.41) is 10.4. The lowest BCUT2D eigenvalue weighted by atomic mass is 9.60. The van der Waals surface area contributed by atoms with E-state index >= 15 is 0 Å². The van der Waals surface area contributed by atoms with Gasteiger partial charge in [0.2, 0.25) is 0 Å². The first kappa shape index (κ1) is 33.9. The van der Waals surface area contributed by atoms with E-state index in [2.05, 4.69) is 171 Å². The SMILES string of the molecule is CC1(C)c2ccccc2N(c2cccc3c2C(C)(C)c2c-3ccc3c2-c2ccc4c5c(ccc(c25)C32c3ccsc3-c3sccc32)CC4)c2cc3sc4ccccc4c3cc21. The number of para-hydroxylation sites is 1. The topological polar surface area (TPSA) is 3.24 Å². The monoisotopic (exact) mass is 833 g/mol. The van der Waals surface area contributed by atoms with Gasteiger partial charge in [-0.3, -0.25) is 0 Å². The molecule has 61 heavy (non-hydrogen) atoms. The molecule has 0 fully saturated rings. The molecule has 7 aromatic carbocycles. The molecule has 290 valence electrons. The number of thiophene rings is 3.